The van der Waals surface area contributed by atoms with E-state index in [2.05, 4.69) is 15.6 Å². The van der Waals surface area contributed by atoms with Crippen LogP contribution in [0.4, 0.5) is 0 Å². The van der Waals surface area contributed by atoms with Gasteiger partial charge in [-0.2, -0.15) is 0 Å². The van der Waals surface area contributed by atoms with Crippen molar-refractivity contribution in [1.29, 1.82) is 0 Å². The number of halogens is 2. The molecule has 0 bridgehead atoms. The molecule has 0 unspecified atom stereocenters. The summed E-state index contributed by atoms with van der Waals surface area (Å²) in [6.45, 7) is 4.00. The van der Waals surface area contributed by atoms with Crippen LogP contribution in [0.3, 0.4) is 0 Å². The molecule has 1 heterocycles. The Morgan fingerprint density at radius 2 is 2.12 bits per heavy atom. The molecule has 0 atom stereocenters. The van der Waals surface area contributed by atoms with Crippen LogP contribution in [-0.2, 0) is 18.4 Å². The second-order valence-electron chi connectivity index (χ2n) is 6.65. The van der Waals surface area contributed by atoms with Gasteiger partial charge in [0.05, 0.1) is 18.1 Å². The maximum atomic E-state index is 12.0. The van der Waals surface area contributed by atoms with Crippen molar-refractivity contribution in [3.8, 4) is 0 Å². The van der Waals surface area contributed by atoms with Crippen LogP contribution in [0.2, 0.25) is 5.02 Å². The summed E-state index contributed by atoms with van der Waals surface area (Å²) >= 11 is 6.05. The molecule has 1 aromatic heterocycles. The number of carbonyl (C=O) groups excluding carboxylic acids is 1. The van der Waals surface area contributed by atoms with Gasteiger partial charge in [-0.3, -0.25) is 9.79 Å². The van der Waals surface area contributed by atoms with Crippen LogP contribution in [-0.4, -0.2) is 47.5 Å². The molecule has 0 spiro atoms. The van der Waals surface area contributed by atoms with E-state index in [9.17, 15) is 4.79 Å². The standard InChI is InChI=1S/C18H30ClN5O.HI/c1-4-20-18(24(3)13-16-11-14(19)12-23(16)2)21-10-9-17(25)22-15-7-5-6-8-15;/h11-12,15H,4-10,13H2,1-3H3,(H,20,21)(H,22,25);1H. The van der Waals surface area contributed by atoms with Crippen LogP contribution in [0.1, 0.15) is 44.7 Å². The number of nitrogens with zero attached hydrogens (tertiary/aromatic N) is 3. The monoisotopic (exact) mass is 495 g/mol. The van der Waals surface area contributed by atoms with E-state index in [0.717, 1.165) is 36.1 Å². The predicted octanol–water partition coefficient (Wildman–Crippen LogP) is 3.14. The molecule has 8 heteroatoms. The molecule has 1 aliphatic rings. The molecule has 26 heavy (non-hydrogen) atoms. The van der Waals surface area contributed by atoms with Gasteiger partial charge >= 0.3 is 0 Å². The highest BCUT2D eigenvalue weighted by Crippen LogP contribution is 2.17. The first-order valence-electron chi connectivity index (χ1n) is 9.09. The van der Waals surface area contributed by atoms with E-state index in [1.54, 1.807) is 0 Å². The zero-order chi connectivity index (χ0) is 18.2. The van der Waals surface area contributed by atoms with E-state index in [1.807, 2.05) is 42.7 Å². The summed E-state index contributed by atoms with van der Waals surface area (Å²) in [5.41, 5.74) is 1.11. The van der Waals surface area contributed by atoms with Gasteiger partial charge in [0.1, 0.15) is 0 Å². The molecule has 1 amide bonds. The van der Waals surface area contributed by atoms with Crippen molar-refractivity contribution >= 4 is 47.4 Å². The summed E-state index contributed by atoms with van der Waals surface area (Å²) in [4.78, 5) is 18.6. The molecule has 1 aliphatic carbocycles. The average Bonchev–Trinajstić information content (AvgIpc) is 3.16. The molecular weight excluding hydrogens is 465 g/mol. The van der Waals surface area contributed by atoms with Crippen molar-refractivity contribution in [2.75, 3.05) is 20.1 Å². The molecule has 1 aromatic rings. The van der Waals surface area contributed by atoms with E-state index in [-0.39, 0.29) is 29.9 Å². The van der Waals surface area contributed by atoms with Gasteiger partial charge in [0.25, 0.3) is 0 Å². The maximum Gasteiger partial charge on any atom is 0.222 e. The Morgan fingerprint density at radius 1 is 1.42 bits per heavy atom. The lowest BCUT2D eigenvalue weighted by molar-refractivity contribution is -0.121. The normalized spacial score (nSPS) is 14.8. The number of aromatic nitrogens is 1. The summed E-state index contributed by atoms with van der Waals surface area (Å²) in [7, 11) is 3.97. The van der Waals surface area contributed by atoms with Crippen molar-refractivity contribution in [1.82, 2.24) is 20.1 Å². The Balaban J connectivity index is 0.00000338. The Hall–Kier alpha value is -0.960. The third-order valence-corrected chi connectivity index (χ3v) is 4.70. The van der Waals surface area contributed by atoms with E-state index in [0.29, 0.717) is 25.6 Å². The SMILES string of the molecule is CCNC(=NCCC(=O)NC1CCCC1)N(C)Cc1cc(Cl)cn1C.I. The van der Waals surface area contributed by atoms with E-state index in [1.165, 1.54) is 12.8 Å². The Morgan fingerprint density at radius 3 is 2.69 bits per heavy atom. The van der Waals surface area contributed by atoms with E-state index >= 15 is 0 Å². The summed E-state index contributed by atoms with van der Waals surface area (Å²) in [6, 6.07) is 2.32. The topological polar surface area (TPSA) is 61.7 Å². The van der Waals surface area contributed by atoms with Gasteiger partial charge in [0.2, 0.25) is 5.91 Å². The quantitative estimate of drug-likeness (QED) is 0.347. The third kappa shape index (κ3) is 7.34. The molecule has 2 N–H and O–H groups in total. The zero-order valence-corrected chi connectivity index (χ0v) is 19.0. The van der Waals surface area contributed by atoms with Gasteiger partial charge < -0.3 is 20.1 Å². The Labute approximate surface area is 178 Å². The number of hydrogen-bond donors (Lipinski definition) is 2. The summed E-state index contributed by atoms with van der Waals surface area (Å²) in [6.07, 6.45) is 6.99. The Bertz CT molecular complexity index is 598. The fraction of sp³-hybridized carbons (Fsp3) is 0.667. The molecule has 0 aromatic carbocycles. The molecule has 148 valence electrons. The lowest BCUT2D eigenvalue weighted by atomic mass is 10.2. The van der Waals surface area contributed by atoms with Gasteiger partial charge in [-0.05, 0) is 25.8 Å². The summed E-state index contributed by atoms with van der Waals surface area (Å²) in [5.74, 6) is 0.900. The fourth-order valence-electron chi connectivity index (χ4n) is 3.14. The lowest BCUT2D eigenvalue weighted by Gasteiger charge is -2.22. The number of aryl methyl sites for hydroxylation is 1. The molecular formula is C18H31ClIN5O. The first-order chi connectivity index (χ1) is 12.0. The van der Waals surface area contributed by atoms with Crippen molar-refractivity contribution < 1.29 is 4.79 Å². The number of nitrogens with one attached hydrogen (secondary N) is 2. The maximum absolute atomic E-state index is 12.0. The fourth-order valence-corrected chi connectivity index (χ4v) is 3.42. The average molecular weight is 496 g/mol. The number of amides is 1. The van der Waals surface area contributed by atoms with Gasteiger partial charge in [-0.25, -0.2) is 0 Å². The van der Waals surface area contributed by atoms with Crippen LogP contribution < -0.4 is 10.6 Å². The van der Waals surface area contributed by atoms with Crippen molar-refractivity contribution in [3.05, 3.63) is 23.0 Å². The number of guanidine groups is 1. The Kier molecular flexibility index (Phi) is 10.4. The molecule has 0 radical (unpaired) electrons. The predicted molar refractivity (Wildman–Crippen MR) is 118 cm³/mol. The molecule has 2 rings (SSSR count). The lowest BCUT2D eigenvalue weighted by Crippen LogP contribution is -2.39. The van der Waals surface area contributed by atoms with E-state index in [4.69, 9.17) is 11.6 Å². The minimum absolute atomic E-state index is 0. The highest BCUT2D eigenvalue weighted by Gasteiger charge is 2.16. The number of rotatable bonds is 7. The van der Waals surface area contributed by atoms with Crippen LogP contribution in [0.15, 0.2) is 17.3 Å². The minimum atomic E-state index is 0. The zero-order valence-electron chi connectivity index (χ0n) is 15.9. The molecule has 1 saturated carbocycles. The smallest absolute Gasteiger partial charge is 0.222 e. The van der Waals surface area contributed by atoms with Gasteiger partial charge in [0, 0.05) is 45.0 Å². The molecule has 1 fully saturated rings. The second-order valence-corrected chi connectivity index (χ2v) is 7.09. The minimum Gasteiger partial charge on any atom is -0.357 e. The van der Waals surface area contributed by atoms with Gasteiger partial charge in [-0.15, -0.1) is 24.0 Å². The number of hydrogen-bond acceptors (Lipinski definition) is 2. The van der Waals surface area contributed by atoms with Crippen LogP contribution in [0, 0.1) is 0 Å². The van der Waals surface area contributed by atoms with E-state index < -0.39 is 0 Å². The van der Waals surface area contributed by atoms with Crippen LogP contribution in [0.25, 0.3) is 0 Å². The van der Waals surface area contributed by atoms with Crippen LogP contribution >= 0.6 is 35.6 Å². The highest BCUT2D eigenvalue weighted by molar-refractivity contribution is 14.0. The first-order valence-corrected chi connectivity index (χ1v) is 9.47. The molecule has 0 aliphatic heterocycles. The number of aliphatic imine (C=N–C) groups is 1. The van der Waals surface area contributed by atoms with Crippen molar-refractivity contribution in [2.45, 2.75) is 51.6 Å². The summed E-state index contributed by atoms with van der Waals surface area (Å²) < 4.78 is 2.01. The molecule has 6 nitrogen and oxygen atoms in total. The summed E-state index contributed by atoms with van der Waals surface area (Å²) in [5, 5.41) is 7.11. The second kappa shape index (κ2) is 11.7. The van der Waals surface area contributed by atoms with Crippen LogP contribution in [0.5, 0.6) is 0 Å². The highest BCUT2D eigenvalue weighted by atomic mass is 127. The van der Waals surface area contributed by atoms with Gasteiger partial charge in [-0.1, -0.05) is 24.4 Å². The van der Waals surface area contributed by atoms with Crippen molar-refractivity contribution in [2.24, 2.45) is 12.0 Å². The number of carbonyl (C=O) groups is 1. The molecule has 0 saturated heterocycles. The van der Waals surface area contributed by atoms with Crippen molar-refractivity contribution in [3.63, 3.8) is 0 Å². The largest absolute Gasteiger partial charge is 0.357 e. The third-order valence-electron chi connectivity index (χ3n) is 4.49. The van der Waals surface area contributed by atoms with Gasteiger partial charge in [0.15, 0.2) is 5.96 Å². The first kappa shape index (κ1) is 23.1.